The zero-order valence-corrected chi connectivity index (χ0v) is 11.7. The maximum atomic E-state index is 12.1. The number of hydrogen-bond acceptors (Lipinski definition) is 5. The second-order valence-electron chi connectivity index (χ2n) is 4.82. The third kappa shape index (κ3) is 4.84. The summed E-state index contributed by atoms with van der Waals surface area (Å²) in [4.78, 5) is 32.9. The highest BCUT2D eigenvalue weighted by molar-refractivity contribution is 5.95. The van der Waals surface area contributed by atoms with E-state index in [2.05, 4.69) is 5.32 Å². The molecule has 21 heavy (non-hydrogen) atoms. The molecule has 0 aliphatic rings. The number of carbonyl (C=O) groups is 2. The number of nitrogens with zero attached hydrogens (tertiary/aromatic N) is 1. The number of amides is 1. The summed E-state index contributed by atoms with van der Waals surface area (Å²) in [6.07, 6.45) is -0.306. The van der Waals surface area contributed by atoms with Crippen molar-refractivity contribution in [3.05, 3.63) is 39.9 Å². The molecule has 114 valence electrons. The third-order valence-electron chi connectivity index (χ3n) is 2.76. The van der Waals surface area contributed by atoms with Crippen LogP contribution in [0.1, 0.15) is 23.7 Å². The van der Waals surface area contributed by atoms with Gasteiger partial charge in [0.2, 0.25) is 0 Å². The normalized spacial score (nSPS) is 13.2. The molecular weight excluding hydrogens is 280 g/mol. The number of hydrogen-bond donors (Lipinski definition) is 2. The lowest BCUT2D eigenvalue weighted by molar-refractivity contribution is -0.384. The van der Waals surface area contributed by atoms with E-state index in [1.54, 1.807) is 6.92 Å². The average molecular weight is 296 g/mol. The average Bonchev–Trinajstić information content (AvgIpc) is 2.37. The Hall–Kier alpha value is -2.48. The zero-order valence-electron chi connectivity index (χ0n) is 11.7. The Bertz CT molecular complexity index is 542. The summed E-state index contributed by atoms with van der Waals surface area (Å²) in [7, 11) is 1.40. The van der Waals surface area contributed by atoms with Crippen LogP contribution in [0.5, 0.6) is 0 Å². The van der Waals surface area contributed by atoms with E-state index in [-0.39, 0.29) is 24.3 Å². The number of rotatable bonds is 7. The van der Waals surface area contributed by atoms with Gasteiger partial charge < -0.3 is 15.2 Å². The minimum atomic E-state index is -1.07. The van der Waals surface area contributed by atoms with Crippen LogP contribution in [-0.4, -0.2) is 41.2 Å². The molecule has 0 saturated carbocycles. The van der Waals surface area contributed by atoms with Crippen molar-refractivity contribution in [2.24, 2.45) is 0 Å². The maximum Gasteiger partial charge on any atom is 0.305 e. The van der Waals surface area contributed by atoms with Crippen molar-refractivity contribution in [2.45, 2.75) is 18.9 Å². The van der Waals surface area contributed by atoms with Gasteiger partial charge in [0, 0.05) is 24.8 Å². The van der Waals surface area contributed by atoms with Gasteiger partial charge in [0.15, 0.2) is 0 Å². The van der Waals surface area contributed by atoms with Crippen LogP contribution in [0.4, 0.5) is 5.69 Å². The molecule has 0 bridgehead atoms. The largest absolute Gasteiger partial charge is 0.481 e. The van der Waals surface area contributed by atoms with Crippen molar-refractivity contribution in [1.29, 1.82) is 0 Å². The van der Waals surface area contributed by atoms with Gasteiger partial charge in [-0.15, -0.1) is 0 Å². The number of carbonyl (C=O) groups excluding carboxylic acids is 1. The maximum absolute atomic E-state index is 12.1. The Morgan fingerprint density at radius 3 is 2.38 bits per heavy atom. The molecule has 1 aromatic carbocycles. The van der Waals surface area contributed by atoms with Crippen LogP contribution in [0.2, 0.25) is 0 Å². The number of non-ortho nitro benzene ring substituents is 1. The Labute approximate surface area is 120 Å². The zero-order chi connectivity index (χ0) is 16.0. The molecule has 8 heteroatoms. The van der Waals surface area contributed by atoms with Gasteiger partial charge in [-0.05, 0) is 19.1 Å². The fourth-order valence-electron chi connectivity index (χ4n) is 1.86. The van der Waals surface area contributed by atoms with Crippen LogP contribution in [0, 0.1) is 10.1 Å². The molecule has 0 spiro atoms. The number of methoxy groups -OCH3 is 1. The number of carboxylic acids is 1. The van der Waals surface area contributed by atoms with Crippen molar-refractivity contribution in [1.82, 2.24) is 5.32 Å². The van der Waals surface area contributed by atoms with Crippen molar-refractivity contribution in [3.8, 4) is 0 Å². The number of aliphatic carboxylic acids is 1. The molecular formula is C13H16N2O6. The van der Waals surface area contributed by atoms with Gasteiger partial charge in [0.05, 0.1) is 23.5 Å². The molecule has 8 nitrogen and oxygen atoms in total. The molecule has 1 unspecified atom stereocenters. The molecule has 0 radical (unpaired) electrons. The van der Waals surface area contributed by atoms with Gasteiger partial charge in [-0.2, -0.15) is 0 Å². The lowest BCUT2D eigenvalue weighted by Crippen LogP contribution is -2.50. The number of nitro benzene ring substituents is 1. The first-order valence-corrected chi connectivity index (χ1v) is 6.05. The number of nitro groups is 1. The Morgan fingerprint density at radius 1 is 1.38 bits per heavy atom. The Morgan fingerprint density at radius 2 is 1.95 bits per heavy atom. The monoisotopic (exact) mass is 296 g/mol. The summed E-state index contributed by atoms with van der Waals surface area (Å²) in [5.74, 6) is -1.59. The quantitative estimate of drug-likeness (QED) is 0.576. The summed E-state index contributed by atoms with van der Waals surface area (Å²) in [5, 5.41) is 22.0. The molecule has 0 aliphatic carbocycles. The highest BCUT2D eigenvalue weighted by Gasteiger charge is 2.30. The van der Waals surface area contributed by atoms with Crippen LogP contribution in [-0.2, 0) is 9.53 Å². The third-order valence-corrected chi connectivity index (χ3v) is 2.76. The van der Waals surface area contributed by atoms with Crippen LogP contribution in [0.25, 0.3) is 0 Å². The van der Waals surface area contributed by atoms with E-state index in [4.69, 9.17) is 9.84 Å². The molecule has 2 N–H and O–H groups in total. The second-order valence-corrected chi connectivity index (χ2v) is 4.82. The van der Waals surface area contributed by atoms with E-state index in [1.807, 2.05) is 0 Å². The van der Waals surface area contributed by atoms with Crippen molar-refractivity contribution in [3.63, 3.8) is 0 Å². The molecule has 0 fully saturated rings. The van der Waals surface area contributed by atoms with Crippen molar-refractivity contribution < 1.29 is 24.4 Å². The first-order chi connectivity index (χ1) is 9.77. The molecule has 1 amide bonds. The van der Waals surface area contributed by atoms with Crippen molar-refractivity contribution >= 4 is 17.6 Å². The summed E-state index contributed by atoms with van der Waals surface area (Å²) in [6.45, 7) is 1.58. The van der Waals surface area contributed by atoms with Gasteiger partial charge in [-0.1, -0.05) is 0 Å². The van der Waals surface area contributed by atoms with Gasteiger partial charge in [0.25, 0.3) is 11.6 Å². The van der Waals surface area contributed by atoms with E-state index in [0.29, 0.717) is 0 Å². The topological polar surface area (TPSA) is 119 Å². The summed E-state index contributed by atoms with van der Waals surface area (Å²) in [5.41, 5.74) is -0.996. The SMILES string of the molecule is COCC(C)(CC(=O)O)NC(=O)c1ccc([N+](=O)[O-])cc1. The van der Waals surface area contributed by atoms with Gasteiger partial charge >= 0.3 is 5.97 Å². The molecule has 1 atom stereocenters. The first-order valence-electron chi connectivity index (χ1n) is 6.05. The number of carboxylic acid groups (broad SMARTS) is 1. The molecule has 0 saturated heterocycles. The first kappa shape index (κ1) is 16.6. The fraction of sp³-hybridized carbons (Fsp3) is 0.385. The summed E-state index contributed by atoms with van der Waals surface area (Å²) in [6, 6.07) is 5.03. The molecule has 1 rings (SSSR count). The number of benzene rings is 1. The minimum absolute atomic E-state index is 0.0258. The lowest BCUT2D eigenvalue weighted by atomic mass is 9.98. The van der Waals surface area contributed by atoms with Crippen LogP contribution >= 0.6 is 0 Å². The molecule has 0 aliphatic heterocycles. The highest BCUT2D eigenvalue weighted by Crippen LogP contribution is 2.15. The van der Waals surface area contributed by atoms with Crippen molar-refractivity contribution in [2.75, 3.05) is 13.7 Å². The lowest BCUT2D eigenvalue weighted by Gasteiger charge is -2.28. The van der Waals surface area contributed by atoms with Crippen LogP contribution in [0.3, 0.4) is 0 Å². The standard InChI is InChI=1S/C13H16N2O6/c1-13(8-21-2,7-11(16)17)14-12(18)9-3-5-10(6-4-9)15(19)20/h3-6H,7-8H2,1-2H3,(H,14,18)(H,16,17). The fourth-order valence-corrected chi connectivity index (χ4v) is 1.86. The van der Waals surface area contributed by atoms with Gasteiger partial charge in [0.1, 0.15) is 0 Å². The minimum Gasteiger partial charge on any atom is -0.481 e. The van der Waals surface area contributed by atoms with E-state index >= 15 is 0 Å². The van der Waals surface area contributed by atoms with E-state index in [9.17, 15) is 19.7 Å². The summed E-state index contributed by atoms with van der Waals surface area (Å²) < 4.78 is 4.93. The predicted octanol–water partition coefficient (Wildman–Crippen LogP) is 1.20. The number of ether oxygens (including phenoxy) is 1. The molecule has 0 aromatic heterocycles. The van der Waals surface area contributed by atoms with E-state index in [1.165, 1.54) is 31.4 Å². The van der Waals surface area contributed by atoms with Gasteiger partial charge in [-0.3, -0.25) is 19.7 Å². The van der Waals surface area contributed by atoms with Gasteiger partial charge in [-0.25, -0.2) is 0 Å². The molecule has 0 heterocycles. The highest BCUT2D eigenvalue weighted by atomic mass is 16.6. The van der Waals surface area contributed by atoms with E-state index in [0.717, 1.165) is 0 Å². The Kier molecular flexibility index (Phi) is 5.37. The van der Waals surface area contributed by atoms with Crippen LogP contribution in [0.15, 0.2) is 24.3 Å². The summed E-state index contributed by atoms with van der Waals surface area (Å²) >= 11 is 0. The van der Waals surface area contributed by atoms with E-state index < -0.39 is 22.3 Å². The Balaban J connectivity index is 2.86. The smallest absolute Gasteiger partial charge is 0.305 e. The predicted molar refractivity (Wildman–Crippen MR) is 73.1 cm³/mol. The second kappa shape index (κ2) is 6.80. The van der Waals surface area contributed by atoms with Crippen LogP contribution < -0.4 is 5.32 Å². The molecule has 1 aromatic rings. The number of nitrogens with one attached hydrogen (secondary N) is 1.